The molecule has 0 aliphatic carbocycles. The normalized spacial score (nSPS) is 12.0. The Balaban J connectivity index is 1.63. The molecule has 0 N–H and O–H groups in total. The molecule has 0 bridgehead atoms. The largest absolute Gasteiger partial charge is 0.494 e. The number of unbranched alkanes of at least 4 members (excludes halogenated alkanes) is 5. The Kier molecular flexibility index (Phi) is 13.5. The van der Waals surface area contributed by atoms with Gasteiger partial charge in [-0.25, -0.2) is 9.97 Å². The topological polar surface area (TPSA) is 53.5 Å². The van der Waals surface area contributed by atoms with Crippen LogP contribution in [0.2, 0.25) is 0 Å². The van der Waals surface area contributed by atoms with Gasteiger partial charge in [0, 0.05) is 12.2 Å². The van der Waals surface area contributed by atoms with Crippen molar-refractivity contribution in [2.24, 2.45) is 5.92 Å². The van der Waals surface area contributed by atoms with Crippen LogP contribution >= 0.6 is 0 Å². The van der Waals surface area contributed by atoms with Crippen LogP contribution in [0.25, 0.3) is 11.4 Å². The van der Waals surface area contributed by atoms with Crippen molar-refractivity contribution in [3.8, 4) is 22.9 Å². The standard InChI is InChI=1S/C27H42N2O3/c1-4-6-7-10-17-30-19-20-32-26-21-28-27(29-22-26)24-13-15-25(16-14-24)31-18-11-8-9-12-23(3)5-2/h13-16,21-23H,4-12,17-20H2,1-3H3. The highest BCUT2D eigenvalue weighted by Crippen LogP contribution is 2.21. The van der Waals surface area contributed by atoms with Gasteiger partial charge in [-0.2, -0.15) is 0 Å². The van der Waals surface area contributed by atoms with E-state index < -0.39 is 0 Å². The number of ether oxygens (including phenoxy) is 3. The predicted octanol–water partition coefficient (Wildman–Crippen LogP) is 7.10. The zero-order valence-corrected chi connectivity index (χ0v) is 20.4. The fourth-order valence-electron chi connectivity index (χ4n) is 3.36. The van der Waals surface area contributed by atoms with Crippen molar-refractivity contribution >= 4 is 0 Å². The monoisotopic (exact) mass is 442 g/mol. The van der Waals surface area contributed by atoms with Crippen LogP contribution < -0.4 is 9.47 Å². The molecular weight excluding hydrogens is 400 g/mol. The number of aromatic nitrogens is 2. The van der Waals surface area contributed by atoms with E-state index >= 15 is 0 Å². The maximum absolute atomic E-state index is 5.87. The second-order valence-electron chi connectivity index (χ2n) is 8.50. The van der Waals surface area contributed by atoms with Crippen LogP contribution in [-0.2, 0) is 4.74 Å². The molecule has 0 amide bonds. The third kappa shape index (κ3) is 10.9. The molecule has 0 aliphatic rings. The molecule has 2 aromatic rings. The lowest BCUT2D eigenvalue weighted by Crippen LogP contribution is -2.08. The van der Waals surface area contributed by atoms with Crippen LogP contribution in [0.5, 0.6) is 11.5 Å². The second kappa shape index (κ2) is 16.5. The average Bonchev–Trinajstić information content (AvgIpc) is 2.83. The van der Waals surface area contributed by atoms with Crippen LogP contribution in [0, 0.1) is 5.92 Å². The number of benzene rings is 1. The summed E-state index contributed by atoms with van der Waals surface area (Å²) in [5.74, 6) is 3.08. The van der Waals surface area contributed by atoms with Gasteiger partial charge < -0.3 is 14.2 Å². The summed E-state index contributed by atoms with van der Waals surface area (Å²) >= 11 is 0. The summed E-state index contributed by atoms with van der Waals surface area (Å²) in [6.07, 6.45) is 14.5. The Morgan fingerprint density at radius 3 is 2.12 bits per heavy atom. The van der Waals surface area contributed by atoms with Crippen LogP contribution in [0.15, 0.2) is 36.7 Å². The molecular formula is C27H42N2O3. The van der Waals surface area contributed by atoms with Crippen molar-refractivity contribution in [1.29, 1.82) is 0 Å². The van der Waals surface area contributed by atoms with Gasteiger partial charge >= 0.3 is 0 Å². The molecule has 0 fully saturated rings. The molecule has 0 radical (unpaired) electrons. The molecule has 0 saturated heterocycles. The Hall–Kier alpha value is -2.14. The van der Waals surface area contributed by atoms with Crippen LogP contribution in [-0.4, -0.2) is 36.4 Å². The van der Waals surface area contributed by atoms with Gasteiger partial charge in [0.2, 0.25) is 0 Å². The number of rotatable bonds is 18. The van der Waals surface area contributed by atoms with E-state index in [9.17, 15) is 0 Å². The van der Waals surface area contributed by atoms with Crippen molar-refractivity contribution in [2.75, 3.05) is 26.4 Å². The summed E-state index contributed by atoms with van der Waals surface area (Å²) in [4.78, 5) is 8.85. The molecule has 2 rings (SSSR count). The van der Waals surface area contributed by atoms with Gasteiger partial charge in [-0.05, 0) is 43.0 Å². The first-order valence-electron chi connectivity index (χ1n) is 12.5. The van der Waals surface area contributed by atoms with Crippen molar-refractivity contribution in [1.82, 2.24) is 9.97 Å². The molecule has 1 unspecified atom stereocenters. The lowest BCUT2D eigenvalue weighted by atomic mass is 10.0. The molecule has 1 aromatic carbocycles. The van der Waals surface area contributed by atoms with E-state index in [-0.39, 0.29) is 0 Å². The van der Waals surface area contributed by atoms with Gasteiger partial charge in [0.25, 0.3) is 0 Å². The SMILES string of the molecule is CCCCCCOCCOc1cnc(-c2ccc(OCCCCCC(C)CC)cc2)nc1. The van der Waals surface area contributed by atoms with Gasteiger partial charge in [-0.3, -0.25) is 0 Å². The lowest BCUT2D eigenvalue weighted by molar-refractivity contribution is 0.0969. The smallest absolute Gasteiger partial charge is 0.159 e. The van der Waals surface area contributed by atoms with Crippen LogP contribution in [0.3, 0.4) is 0 Å². The first-order valence-corrected chi connectivity index (χ1v) is 12.5. The molecule has 0 saturated carbocycles. The van der Waals surface area contributed by atoms with Gasteiger partial charge in [0.05, 0.1) is 25.6 Å². The van der Waals surface area contributed by atoms with Gasteiger partial charge in [-0.15, -0.1) is 0 Å². The first-order chi connectivity index (χ1) is 15.7. The van der Waals surface area contributed by atoms with Gasteiger partial charge in [0.1, 0.15) is 12.4 Å². The lowest BCUT2D eigenvalue weighted by Gasteiger charge is -2.09. The van der Waals surface area contributed by atoms with E-state index in [0.717, 1.165) is 43.3 Å². The minimum absolute atomic E-state index is 0.514. The predicted molar refractivity (Wildman–Crippen MR) is 131 cm³/mol. The molecule has 1 atom stereocenters. The Morgan fingerprint density at radius 1 is 0.719 bits per heavy atom. The van der Waals surface area contributed by atoms with Crippen LogP contribution in [0.4, 0.5) is 0 Å². The molecule has 5 heteroatoms. The molecule has 5 nitrogen and oxygen atoms in total. The summed E-state index contributed by atoms with van der Waals surface area (Å²) in [6.45, 7) is 9.48. The third-order valence-corrected chi connectivity index (χ3v) is 5.69. The maximum Gasteiger partial charge on any atom is 0.159 e. The van der Waals surface area contributed by atoms with E-state index in [1.54, 1.807) is 12.4 Å². The Bertz CT molecular complexity index is 704. The molecule has 1 aromatic heterocycles. The minimum Gasteiger partial charge on any atom is -0.494 e. The van der Waals surface area contributed by atoms with Crippen molar-refractivity contribution in [3.05, 3.63) is 36.7 Å². The number of nitrogens with zero attached hydrogens (tertiary/aromatic N) is 2. The summed E-state index contributed by atoms with van der Waals surface area (Å²) in [6, 6.07) is 7.97. The Labute approximate surface area is 194 Å². The Morgan fingerprint density at radius 2 is 1.41 bits per heavy atom. The van der Waals surface area contributed by atoms with E-state index in [4.69, 9.17) is 14.2 Å². The molecule has 178 valence electrons. The number of hydrogen-bond acceptors (Lipinski definition) is 5. The van der Waals surface area contributed by atoms with Crippen LogP contribution in [0.1, 0.15) is 78.6 Å². The fourth-order valence-corrected chi connectivity index (χ4v) is 3.36. The van der Waals surface area contributed by atoms with Gasteiger partial charge in [-0.1, -0.05) is 65.7 Å². The van der Waals surface area contributed by atoms with E-state index in [0.29, 0.717) is 24.8 Å². The highest BCUT2D eigenvalue weighted by Gasteiger charge is 2.04. The summed E-state index contributed by atoms with van der Waals surface area (Å²) in [5, 5.41) is 0. The fraction of sp³-hybridized carbons (Fsp3) is 0.630. The van der Waals surface area contributed by atoms with E-state index in [2.05, 4.69) is 30.7 Å². The summed E-state index contributed by atoms with van der Waals surface area (Å²) < 4.78 is 17.1. The molecule has 1 heterocycles. The first kappa shape index (κ1) is 26.1. The van der Waals surface area contributed by atoms with E-state index in [1.807, 2.05) is 24.3 Å². The maximum atomic E-state index is 5.87. The average molecular weight is 443 g/mol. The highest BCUT2D eigenvalue weighted by atomic mass is 16.5. The van der Waals surface area contributed by atoms with Crippen molar-refractivity contribution in [3.63, 3.8) is 0 Å². The summed E-state index contributed by atoms with van der Waals surface area (Å²) in [7, 11) is 0. The molecule has 32 heavy (non-hydrogen) atoms. The zero-order valence-electron chi connectivity index (χ0n) is 20.4. The highest BCUT2D eigenvalue weighted by molar-refractivity contribution is 5.56. The van der Waals surface area contributed by atoms with Gasteiger partial charge in [0.15, 0.2) is 11.6 Å². The zero-order chi connectivity index (χ0) is 22.9. The van der Waals surface area contributed by atoms with Crippen molar-refractivity contribution < 1.29 is 14.2 Å². The van der Waals surface area contributed by atoms with E-state index in [1.165, 1.54) is 44.9 Å². The molecule has 0 spiro atoms. The minimum atomic E-state index is 0.514. The van der Waals surface area contributed by atoms with Crippen molar-refractivity contribution in [2.45, 2.75) is 78.6 Å². The summed E-state index contributed by atoms with van der Waals surface area (Å²) in [5.41, 5.74) is 0.966. The third-order valence-electron chi connectivity index (χ3n) is 5.69. The second-order valence-corrected chi connectivity index (χ2v) is 8.50. The quantitative estimate of drug-likeness (QED) is 0.230. The molecule has 0 aliphatic heterocycles. The number of hydrogen-bond donors (Lipinski definition) is 0.